The molecule has 3 aliphatic rings. The van der Waals surface area contributed by atoms with Crippen molar-refractivity contribution in [2.75, 3.05) is 13.2 Å². The molecule has 13 heavy (non-hydrogen) atoms. The van der Waals surface area contributed by atoms with Gasteiger partial charge in [0, 0.05) is 5.92 Å². The van der Waals surface area contributed by atoms with Gasteiger partial charge in [-0.15, -0.1) is 0 Å². The molecule has 5 atom stereocenters. The zero-order chi connectivity index (χ0) is 8.84. The van der Waals surface area contributed by atoms with Crippen LogP contribution in [-0.4, -0.2) is 19.3 Å². The smallest absolute Gasteiger partial charge is 0.101 e. The van der Waals surface area contributed by atoms with E-state index in [1.807, 2.05) is 0 Å². The van der Waals surface area contributed by atoms with Crippen LogP contribution in [0.3, 0.4) is 0 Å². The van der Waals surface area contributed by atoms with E-state index < -0.39 is 0 Å². The van der Waals surface area contributed by atoms with Gasteiger partial charge in [-0.05, 0) is 30.6 Å². The summed E-state index contributed by atoms with van der Waals surface area (Å²) in [5.41, 5.74) is 0. The number of fused-ring (bicyclic) bond motifs is 5. The minimum atomic E-state index is 0.449. The second kappa shape index (κ2) is 2.74. The third-order valence-electron chi connectivity index (χ3n) is 4.18. The lowest BCUT2D eigenvalue weighted by Gasteiger charge is -2.29. The third-order valence-corrected chi connectivity index (χ3v) is 4.18. The van der Waals surface area contributed by atoms with Crippen molar-refractivity contribution in [1.29, 1.82) is 0 Å². The lowest BCUT2D eigenvalue weighted by atomic mass is 9.80. The second-order valence-corrected chi connectivity index (χ2v) is 4.60. The summed E-state index contributed by atoms with van der Waals surface area (Å²) in [6.45, 7) is 5.62. The van der Waals surface area contributed by atoms with Gasteiger partial charge in [-0.1, -0.05) is 6.58 Å². The quantitative estimate of drug-likeness (QED) is 0.603. The van der Waals surface area contributed by atoms with Crippen LogP contribution in [0.15, 0.2) is 12.8 Å². The van der Waals surface area contributed by atoms with Crippen molar-refractivity contribution in [1.82, 2.24) is 0 Å². The van der Waals surface area contributed by atoms with Crippen molar-refractivity contribution in [2.45, 2.75) is 18.9 Å². The summed E-state index contributed by atoms with van der Waals surface area (Å²) in [4.78, 5) is 0. The molecule has 0 aromatic carbocycles. The van der Waals surface area contributed by atoms with Gasteiger partial charge in [0.15, 0.2) is 0 Å². The summed E-state index contributed by atoms with van der Waals surface area (Å²) < 4.78 is 11.1. The van der Waals surface area contributed by atoms with Crippen molar-refractivity contribution in [3.63, 3.8) is 0 Å². The van der Waals surface area contributed by atoms with E-state index in [0.29, 0.717) is 6.10 Å². The summed E-state index contributed by atoms with van der Waals surface area (Å²) >= 11 is 0. The molecule has 5 unspecified atom stereocenters. The molecule has 0 N–H and O–H groups in total. The SMILES string of the molecule is C=COC1CC2CC1C1COCC21. The zero-order valence-corrected chi connectivity index (χ0v) is 7.82. The molecule has 0 spiro atoms. The fourth-order valence-electron chi connectivity index (χ4n) is 3.67. The Balaban J connectivity index is 1.77. The van der Waals surface area contributed by atoms with E-state index >= 15 is 0 Å². The van der Waals surface area contributed by atoms with Gasteiger partial charge in [-0.2, -0.15) is 0 Å². The van der Waals surface area contributed by atoms with Gasteiger partial charge in [0.05, 0.1) is 19.5 Å². The molecule has 0 radical (unpaired) electrons. The van der Waals surface area contributed by atoms with Crippen molar-refractivity contribution in [2.24, 2.45) is 23.7 Å². The first-order valence-electron chi connectivity index (χ1n) is 5.24. The Morgan fingerprint density at radius 2 is 2.00 bits per heavy atom. The summed E-state index contributed by atoms with van der Waals surface area (Å²) in [5.74, 6) is 3.29. The topological polar surface area (TPSA) is 18.5 Å². The number of hydrogen-bond acceptors (Lipinski definition) is 2. The first kappa shape index (κ1) is 7.86. The maximum absolute atomic E-state index is 5.55. The van der Waals surface area contributed by atoms with Crippen LogP contribution in [0.2, 0.25) is 0 Å². The number of hydrogen-bond donors (Lipinski definition) is 0. The monoisotopic (exact) mass is 180 g/mol. The summed E-state index contributed by atoms with van der Waals surface area (Å²) in [6.07, 6.45) is 4.67. The average Bonchev–Trinajstić information content (AvgIpc) is 2.72. The Kier molecular flexibility index (Phi) is 1.66. The van der Waals surface area contributed by atoms with E-state index in [9.17, 15) is 0 Å². The standard InChI is InChI=1S/C11H16O2/c1-2-13-11-4-7-3-8(11)10-6-12-5-9(7)10/h2,7-11H,1,3-6H2. The number of ether oxygens (including phenoxy) is 2. The normalized spacial score (nSPS) is 52.2. The van der Waals surface area contributed by atoms with Crippen molar-refractivity contribution >= 4 is 0 Å². The van der Waals surface area contributed by atoms with Gasteiger partial charge < -0.3 is 9.47 Å². The van der Waals surface area contributed by atoms with Crippen molar-refractivity contribution < 1.29 is 9.47 Å². The van der Waals surface area contributed by atoms with Crippen molar-refractivity contribution in [3.05, 3.63) is 12.8 Å². The summed E-state index contributed by atoms with van der Waals surface area (Å²) in [6, 6.07) is 0. The Hall–Kier alpha value is -0.500. The van der Waals surface area contributed by atoms with Crippen LogP contribution in [-0.2, 0) is 9.47 Å². The molecule has 1 heterocycles. The number of rotatable bonds is 2. The fourth-order valence-corrected chi connectivity index (χ4v) is 3.67. The largest absolute Gasteiger partial charge is 0.498 e. The summed E-state index contributed by atoms with van der Waals surface area (Å²) in [5, 5.41) is 0. The molecule has 2 aliphatic carbocycles. The molecule has 0 amide bonds. The van der Waals surface area contributed by atoms with E-state index in [0.717, 1.165) is 36.9 Å². The molecular formula is C11H16O2. The highest BCUT2D eigenvalue weighted by molar-refractivity contribution is 5.03. The highest BCUT2D eigenvalue weighted by Crippen LogP contribution is 2.55. The molecule has 72 valence electrons. The maximum Gasteiger partial charge on any atom is 0.101 e. The Morgan fingerprint density at radius 1 is 1.15 bits per heavy atom. The minimum absolute atomic E-state index is 0.449. The highest BCUT2D eigenvalue weighted by atomic mass is 16.5. The second-order valence-electron chi connectivity index (χ2n) is 4.60. The molecule has 2 nitrogen and oxygen atoms in total. The van der Waals surface area contributed by atoms with Crippen molar-refractivity contribution in [3.8, 4) is 0 Å². The van der Waals surface area contributed by atoms with Gasteiger partial charge in [-0.25, -0.2) is 0 Å². The first-order valence-corrected chi connectivity index (χ1v) is 5.24. The van der Waals surface area contributed by atoms with E-state index in [-0.39, 0.29) is 0 Å². The molecule has 3 rings (SSSR count). The van der Waals surface area contributed by atoms with E-state index in [4.69, 9.17) is 9.47 Å². The van der Waals surface area contributed by atoms with Gasteiger partial charge in [-0.3, -0.25) is 0 Å². The highest BCUT2D eigenvalue weighted by Gasteiger charge is 2.55. The molecule has 0 aromatic rings. The Morgan fingerprint density at radius 3 is 2.85 bits per heavy atom. The zero-order valence-electron chi connectivity index (χ0n) is 7.82. The lowest BCUT2D eigenvalue weighted by molar-refractivity contribution is 0.0524. The van der Waals surface area contributed by atoms with E-state index in [2.05, 4.69) is 6.58 Å². The third kappa shape index (κ3) is 0.983. The van der Waals surface area contributed by atoms with Crippen LogP contribution in [0, 0.1) is 23.7 Å². The molecule has 1 aliphatic heterocycles. The molecule has 3 fully saturated rings. The fraction of sp³-hybridized carbons (Fsp3) is 0.818. The molecule has 2 heteroatoms. The Labute approximate surface area is 78.9 Å². The minimum Gasteiger partial charge on any atom is -0.498 e. The first-order chi connectivity index (χ1) is 6.40. The molecule has 2 bridgehead atoms. The van der Waals surface area contributed by atoms with Crippen LogP contribution in [0.4, 0.5) is 0 Å². The average molecular weight is 180 g/mol. The maximum atomic E-state index is 5.55. The van der Waals surface area contributed by atoms with Gasteiger partial charge in [0.2, 0.25) is 0 Å². The molecular weight excluding hydrogens is 164 g/mol. The molecule has 2 saturated carbocycles. The predicted octanol–water partition coefficient (Wildman–Crippen LogP) is 1.82. The van der Waals surface area contributed by atoms with Gasteiger partial charge in [0.1, 0.15) is 6.10 Å². The van der Waals surface area contributed by atoms with Crippen LogP contribution < -0.4 is 0 Å². The van der Waals surface area contributed by atoms with E-state index in [1.54, 1.807) is 6.26 Å². The van der Waals surface area contributed by atoms with Crippen LogP contribution in [0.1, 0.15) is 12.8 Å². The molecule has 1 saturated heterocycles. The molecule has 0 aromatic heterocycles. The lowest BCUT2D eigenvalue weighted by Crippen LogP contribution is -2.31. The summed E-state index contributed by atoms with van der Waals surface area (Å²) in [7, 11) is 0. The van der Waals surface area contributed by atoms with E-state index in [1.165, 1.54) is 12.8 Å². The van der Waals surface area contributed by atoms with Crippen LogP contribution in [0.5, 0.6) is 0 Å². The predicted molar refractivity (Wildman–Crippen MR) is 49.1 cm³/mol. The van der Waals surface area contributed by atoms with Gasteiger partial charge >= 0.3 is 0 Å². The Bertz CT molecular complexity index is 226. The van der Waals surface area contributed by atoms with Gasteiger partial charge in [0.25, 0.3) is 0 Å². The van der Waals surface area contributed by atoms with Crippen LogP contribution >= 0.6 is 0 Å². The van der Waals surface area contributed by atoms with Crippen LogP contribution in [0.25, 0.3) is 0 Å².